The normalized spacial score (nSPS) is 23.2. The van der Waals surface area contributed by atoms with Crippen molar-refractivity contribution < 1.29 is 4.39 Å². The first kappa shape index (κ1) is 13.6. The van der Waals surface area contributed by atoms with E-state index in [4.69, 9.17) is 11.6 Å². The molecule has 1 unspecified atom stereocenters. The summed E-state index contributed by atoms with van der Waals surface area (Å²) < 4.78 is 13.5. The van der Waals surface area contributed by atoms with E-state index in [1.807, 2.05) is 6.07 Å². The zero-order valence-corrected chi connectivity index (χ0v) is 11.9. The standard InChI is InChI=1S/C14H20ClFN2/c1-4-12-8-17-14(2,3)9-18(12)13-6-10(15)5-11(16)7-13/h5-7,12,17H,4,8-9H2,1-3H3. The number of benzene rings is 1. The van der Waals surface area contributed by atoms with Gasteiger partial charge in [0.2, 0.25) is 0 Å². The molecule has 4 heteroatoms. The monoisotopic (exact) mass is 270 g/mol. The second-order valence-electron chi connectivity index (χ2n) is 5.58. The number of nitrogens with zero attached hydrogens (tertiary/aromatic N) is 1. The molecule has 0 aromatic heterocycles. The number of nitrogens with one attached hydrogen (secondary N) is 1. The summed E-state index contributed by atoms with van der Waals surface area (Å²) in [6.45, 7) is 8.24. The van der Waals surface area contributed by atoms with Crippen molar-refractivity contribution in [3.63, 3.8) is 0 Å². The van der Waals surface area contributed by atoms with Crippen LogP contribution in [0.2, 0.25) is 5.02 Å². The van der Waals surface area contributed by atoms with Crippen LogP contribution in [0.25, 0.3) is 0 Å². The molecular weight excluding hydrogens is 251 g/mol. The van der Waals surface area contributed by atoms with Crippen molar-refractivity contribution in [2.45, 2.75) is 38.8 Å². The highest BCUT2D eigenvalue weighted by atomic mass is 35.5. The van der Waals surface area contributed by atoms with Gasteiger partial charge in [-0.1, -0.05) is 18.5 Å². The van der Waals surface area contributed by atoms with Crippen molar-refractivity contribution in [2.24, 2.45) is 0 Å². The molecule has 1 aliphatic rings. The van der Waals surface area contributed by atoms with Crippen molar-refractivity contribution in [3.05, 3.63) is 29.0 Å². The van der Waals surface area contributed by atoms with Gasteiger partial charge in [0.05, 0.1) is 0 Å². The van der Waals surface area contributed by atoms with Gasteiger partial charge in [-0.15, -0.1) is 0 Å². The maximum Gasteiger partial charge on any atom is 0.126 e. The third-order valence-corrected chi connectivity index (χ3v) is 3.69. The summed E-state index contributed by atoms with van der Waals surface area (Å²) in [4.78, 5) is 2.26. The van der Waals surface area contributed by atoms with Crippen LogP contribution in [0.1, 0.15) is 27.2 Å². The van der Waals surface area contributed by atoms with Gasteiger partial charge in [0.15, 0.2) is 0 Å². The fourth-order valence-electron chi connectivity index (χ4n) is 2.49. The van der Waals surface area contributed by atoms with Crippen LogP contribution in [-0.4, -0.2) is 24.7 Å². The molecular formula is C14H20ClFN2. The van der Waals surface area contributed by atoms with E-state index in [1.165, 1.54) is 6.07 Å². The van der Waals surface area contributed by atoms with E-state index in [9.17, 15) is 4.39 Å². The Morgan fingerprint density at radius 3 is 2.78 bits per heavy atom. The Morgan fingerprint density at radius 2 is 2.17 bits per heavy atom. The van der Waals surface area contributed by atoms with Crippen LogP contribution in [-0.2, 0) is 0 Å². The van der Waals surface area contributed by atoms with Crippen molar-refractivity contribution in [1.29, 1.82) is 0 Å². The Kier molecular flexibility index (Phi) is 3.83. The molecule has 1 heterocycles. The smallest absolute Gasteiger partial charge is 0.126 e. The predicted octanol–water partition coefficient (Wildman–Crippen LogP) is 3.45. The quantitative estimate of drug-likeness (QED) is 0.886. The molecule has 0 spiro atoms. The largest absolute Gasteiger partial charge is 0.365 e. The SMILES string of the molecule is CCC1CNC(C)(C)CN1c1cc(F)cc(Cl)c1. The van der Waals surface area contributed by atoms with Crippen molar-refractivity contribution >= 4 is 17.3 Å². The van der Waals surface area contributed by atoms with Crippen LogP contribution < -0.4 is 10.2 Å². The molecule has 1 aromatic rings. The topological polar surface area (TPSA) is 15.3 Å². The van der Waals surface area contributed by atoms with E-state index >= 15 is 0 Å². The molecule has 18 heavy (non-hydrogen) atoms. The Bertz CT molecular complexity index is 414. The first-order valence-corrected chi connectivity index (χ1v) is 6.77. The average Bonchev–Trinajstić information content (AvgIpc) is 2.26. The van der Waals surface area contributed by atoms with E-state index in [-0.39, 0.29) is 11.4 Å². The number of piperazine rings is 1. The molecule has 1 saturated heterocycles. The minimum Gasteiger partial charge on any atom is -0.365 e. The van der Waals surface area contributed by atoms with Crippen molar-refractivity contribution in [2.75, 3.05) is 18.0 Å². The van der Waals surface area contributed by atoms with Crippen LogP contribution in [0.15, 0.2) is 18.2 Å². The number of hydrogen-bond donors (Lipinski definition) is 1. The lowest BCUT2D eigenvalue weighted by molar-refractivity contribution is 0.306. The molecule has 1 fully saturated rings. The van der Waals surface area contributed by atoms with E-state index in [0.717, 1.165) is 25.2 Å². The summed E-state index contributed by atoms with van der Waals surface area (Å²) in [6, 6.07) is 5.14. The van der Waals surface area contributed by atoms with Crippen LogP contribution in [0.4, 0.5) is 10.1 Å². The number of hydrogen-bond acceptors (Lipinski definition) is 2. The highest BCUT2D eigenvalue weighted by molar-refractivity contribution is 6.30. The lowest BCUT2D eigenvalue weighted by Crippen LogP contribution is -2.61. The summed E-state index contributed by atoms with van der Waals surface area (Å²) >= 11 is 5.95. The molecule has 0 amide bonds. The molecule has 1 aromatic carbocycles. The van der Waals surface area contributed by atoms with Crippen LogP contribution in [0.5, 0.6) is 0 Å². The first-order chi connectivity index (χ1) is 8.41. The Hall–Kier alpha value is -0.800. The summed E-state index contributed by atoms with van der Waals surface area (Å²) in [6.07, 6.45) is 1.03. The number of halogens is 2. The van der Waals surface area contributed by atoms with Crippen LogP contribution >= 0.6 is 11.6 Å². The Labute approximate surface area is 113 Å². The van der Waals surface area contributed by atoms with Gasteiger partial charge >= 0.3 is 0 Å². The van der Waals surface area contributed by atoms with E-state index in [0.29, 0.717) is 11.1 Å². The summed E-state index contributed by atoms with van der Waals surface area (Å²) in [5, 5.41) is 3.97. The van der Waals surface area contributed by atoms with Gasteiger partial charge in [-0.05, 0) is 38.5 Å². The Balaban J connectivity index is 2.32. The molecule has 0 aliphatic carbocycles. The van der Waals surface area contributed by atoms with E-state index < -0.39 is 0 Å². The molecule has 100 valence electrons. The van der Waals surface area contributed by atoms with Gasteiger partial charge < -0.3 is 10.2 Å². The fraction of sp³-hybridized carbons (Fsp3) is 0.571. The molecule has 0 bridgehead atoms. The molecule has 1 aliphatic heterocycles. The summed E-state index contributed by atoms with van der Waals surface area (Å²) in [7, 11) is 0. The Morgan fingerprint density at radius 1 is 1.44 bits per heavy atom. The van der Waals surface area contributed by atoms with Gasteiger partial charge in [-0.2, -0.15) is 0 Å². The summed E-state index contributed by atoms with van der Waals surface area (Å²) in [5.41, 5.74) is 0.909. The van der Waals surface area contributed by atoms with Crippen molar-refractivity contribution in [3.8, 4) is 0 Å². The van der Waals surface area contributed by atoms with E-state index in [2.05, 4.69) is 31.0 Å². The zero-order chi connectivity index (χ0) is 13.3. The predicted molar refractivity (Wildman–Crippen MR) is 74.9 cm³/mol. The lowest BCUT2D eigenvalue weighted by atomic mass is 9.97. The second kappa shape index (κ2) is 5.06. The molecule has 1 atom stereocenters. The third kappa shape index (κ3) is 2.96. The van der Waals surface area contributed by atoms with Gasteiger partial charge in [0, 0.05) is 35.4 Å². The minimum absolute atomic E-state index is 0.0322. The van der Waals surface area contributed by atoms with Crippen LogP contribution in [0, 0.1) is 5.82 Å². The van der Waals surface area contributed by atoms with Gasteiger partial charge in [0.25, 0.3) is 0 Å². The zero-order valence-electron chi connectivity index (χ0n) is 11.1. The maximum atomic E-state index is 13.5. The highest BCUT2D eigenvalue weighted by Gasteiger charge is 2.31. The third-order valence-electron chi connectivity index (χ3n) is 3.47. The molecule has 0 radical (unpaired) electrons. The van der Waals surface area contributed by atoms with Gasteiger partial charge in [-0.25, -0.2) is 4.39 Å². The maximum absolute atomic E-state index is 13.5. The summed E-state index contributed by atoms with van der Waals surface area (Å²) in [5.74, 6) is -0.274. The van der Waals surface area contributed by atoms with Gasteiger partial charge in [-0.3, -0.25) is 0 Å². The first-order valence-electron chi connectivity index (χ1n) is 6.39. The second-order valence-corrected chi connectivity index (χ2v) is 6.02. The molecule has 0 saturated carbocycles. The average molecular weight is 271 g/mol. The molecule has 2 nitrogen and oxygen atoms in total. The molecule has 1 N–H and O–H groups in total. The van der Waals surface area contributed by atoms with Crippen molar-refractivity contribution in [1.82, 2.24) is 5.32 Å². The fourth-order valence-corrected chi connectivity index (χ4v) is 2.70. The minimum atomic E-state index is -0.274. The lowest BCUT2D eigenvalue weighted by Gasteiger charge is -2.45. The van der Waals surface area contributed by atoms with Crippen LogP contribution in [0.3, 0.4) is 0 Å². The number of anilines is 1. The highest BCUT2D eigenvalue weighted by Crippen LogP contribution is 2.28. The van der Waals surface area contributed by atoms with E-state index in [1.54, 1.807) is 6.07 Å². The van der Waals surface area contributed by atoms with Gasteiger partial charge in [0.1, 0.15) is 5.82 Å². The molecule has 2 rings (SSSR count). The number of rotatable bonds is 2.